The average Bonchev–Trinajstić information content (AvgIpc) is 2.43. The summed E-state index contributed by atoms with van der Waals surface area (Å²) in [5.41, 5.74) is 2.17. The van der Waals surface area contributed by atoms with E-state index >= 15 is 0 Å². The molecule has 0 radical (unpaired) electrons. The third kappa shape index (κ3) is 4.16. The van der Waals surface area contributed by atoms with Gasteiger partial charge in [-0.15, -0.1) is 0 Å². The van der Waals surface area contributed by atoms with Gasteiger partial charge in [0.2, 0.25) is 0 Å². The molecule has 0 fully saturated rings. The van der Waals surface area contributed by atoms with Gasteiger partial charge in [-0.3, -0.25) is 4.79 Å². The molecule has 5 heteroatoms. The number of hydrogen-bond acceptors (Lipinski definition) is 4. The highest BCUT2D eigenvalue weighted by molar-refractivity contribution is 5.27. The van der Waals surface area contributed by atoms with Gasteiger partial charge < -0.3 is 14.8 Å². The number of rotatable bonds is 6. The van der Waals surface area contributed by atoms with Gasteiger partial charge in [-0.25, -0.2) is 4.98 Å². The van der Waals surface area contributed by atoms with Crippen LogP contribution >= 0.6 is 0 Å². The Kier molecular flexibility index (Phi) is 5.11. The Morgan fingerprint density at radius 1 is 1.29 bits per heavy atom. The van der Waals surface area contributed by atoms with Crippen molar-refractivity contribution in [2.75, 3.05) is 13.2 Å². The minimum Gasteiger partial charge on any atom is -0.493 e. The Labute approximate surface area is 123 Å². The molecule has 1 aromatic heterocycles. The van der Waals surface area contributed by atoms with E-state index in [2.05, 4.69) is 9.97 Å². The lowest BCUT2D eigenvalue weighted by Gasteiger charge is -2.08. The molecule has 0 spiro atoms. The number of aryl methyl sites for hydroxylation is 2. The largest absolute Gasteiger partial charge is 0.493 e. The summed E-state index contributed by atoms with van der Waals surface area (Å²) in [6, 6.07) is 7.82. The summed E-state index contributed by atoms with van der Waals surface area (Å²) in [5.74, 6) is 1.41. The number of H-pyrrole nitrogens is 1. The van der Waals surface area contributed by atoms with Gasteiger partial charge in [0.1, 0.15) is 11.6 Å². The molecule has 0 amide bonds. The molecule has 2 rings (SSSR count). The first-order chi connectivity index (χ1) is 10.1. The molecule has 0 bridgehead atoms. The first kappa shape index (κ1) is 15.3. The highest BCUT2D eigenvalue weighted by Gasteiger charge is 2.07. The van der Waals surface area contributed by atoms with Crippen LogP contribution in [0.15, 0.2) is 29.1 Å². The summed E-state index contributed by atoms with van der Waals surface area (Å²) in [4.78, 5) is 19.0. The van der Waals surface area contributed by atoms with Gasteiger partial charge >= 0.3 is 0 Å². The standard InChI is InChI=1S/C16H20N2O3/c1-11-4-3-5-13(10-11)21-9-7-15-17-12(2)14(6-8-19)16(20)18-15/h3-5,10,19H,6-9H2,1-2H3,(H,17,18,20). The Morgan fingerprint density at radius 3 is 2.76 bits per heavy atom. The van der Waals surface area contributed by atoms with Crippen molar-refractivity contribution in [1.82, 2.24) is 9.97 Å². The lowest BCUT2D eigenvalue weighted by molar-refractivity contribution is 0.298. The Morgan fingerprint density at radius 2 is 2.10 bits per heavy atom. The van der Waals surface area contributed by atoms with Crippen molar-refractivity contribution >= 4 is 0 Å². The van der Waals surface area contributed by atoms with E-state index in [1.54, 1.807) is 6.92 Å². The summed E-state index contributed by atoms with van der Waals surface area (Å²) < 4.78 is 5.65. The second-order valence-corrected chi connectivity index (χ2v) is 4.97. The molecule has 2 aromatic rings. The van der Waals surface area contributed by atoms with E-state index in [9.17, 15) is 4.79 Å². The summed E-state index contributed by atoms with van der Waals surface area (Å²) in [5, 5.41) is 8.93. The summed E-state index contributed by atoms with van der Waals surface area (Å²) in [6.07, 6.45) is 0.859. The highest BCUT2D eigenvalue weighted by Crippen LogP contribution is 2.12. The van der Waals surface area contributed by atoms with E-state index in [0.717, 1.165) is 11.3 Å². The van der Waals surface area contributed by atoms with Gasteiger partial charge in [0.05, 0.1) is 6.61 Å². The lowest BCUT2D eigenvalue weighted by Crippen LogP contribution is -2.21. The Balaban J connectivity index is 1.99. The first-order valence-corrected chi connectivity index (χ1v) is 6.99. The predicted octanol–water partition coefficient (Wildman–Crippen LogP) is 1.54. The molecular formula is C16H20N2O3. The number of benzene rings is 1. The van der Waals surface area contributed by atoms with E-state index in [0.29, 0.717) is 36.5 Å². The third-order valence-corrected chi connectivity index (χ3v) is 3.23. The van der Waals surface area contributed by atoms with Crippen molar-refractivity contribution in [2.45, 2.75) is 26.7 Å². The normalized spacial score (nSPS) is 10.6. The van der Waals surface area contributed by atoms with Gasteiger partial charge in [0.25, 0.3) is 5.56 Å². The van der Waals surface area contributed by atoms with Gasteiger partial charge in [-0.1, -0.05) is 12.1 Å². The Bertz CT molecular complexity index is 665. The molecule has 2 N–H and O–H groups in total. The molecule has 0 aliphatic carbocycles. The molecule has 5 nitrogen and oxygen atoms in total. The number of hydrogen-bond donors (Lipinski definition) is 2. The van der Waals surface area contributed by atoms with Crippen LogP contribution in [0.25, 0.3) is 0 Å². The zero-order chi connectivity index (χ0) is 15.2. The minimum atomic E-state index is -0.179. The smallest absolute Gasteiger partial charge is 0.254 e. The molecular weight excluding hydrogens is 268 g/mol. The maximum absolute atomic E-state index is 11.9. The van der Waals surface area contributed by atoms with Crippen LogP contribution in [0, 0.1) is 13.8 Å². The Hall–Kier alpha value is -2.14. The van der Waals surface area contributed by atoms with E-state index in [4.69, 9.17) is 9.84 Å². The summed E-state index contributed by atoms with van der Waals surface area (Å²) in [7, 11) is 0. The van der Waals surface area contributed by atoms with Crippen LogP contribution in [-0.4, -0.2) is 28.3 Å². The number of nitrogens with zero attached hydrogens (tertiary/aromatic N) is 1. The zero-order valence-electron chi connectivity index (χ0n) is 12.3. The van der Waals surface area contributed by atoms with Crippen molar-refractivity contribution in [3.63, 3.8) is 0 Å². The number of ether oxygens (including phenoxy) is 1. The number of aliphatic hydroxyl groups excluding tert-OH is 1. The molecule has 0 aliphatic rings. The monoisotopic (exact) mass is 288 g/mol. The van der Waals surface area contributed by atoms with Crippen LogP contribution in [0.3, 0.4) is 0 Å². The quantitative estimate of drug-likeness (QED) is 0.845. The van der Waals surface area contributed by atoms with Crippen LogP contribution in [0.2, 0.25) is 0 Å². The van der Waals surface area contributed by atoms with Crippen LogP contribution in [-0.2, 0) is 12.8 Å². The van der Waals surface area contributed by atoms with E-state index in [1.165, 1.54) is 0 Å². The molecule has 0 aliphatic heterocycles. The molecule has 1 heterocycles. The van der Waals surface area contributed by atoms with Crippen molar-refractivity contribution in [3.05, 3.63) is 57.3 Å². The molecule has 21 heavy (non-hydrogen) atoms. The fraction of sp³-hybridized carbons (Fsp3) is 0.375. The van der Waals surface area contributed by atoms with Gasteiger partial charge in [-0.05, 0) is 31.5 Å². The molecule has 0 saturated heterocycles. The zero-order valence-corrected chi connectivity index (χ0v) is 12.3. The van der Waals surface area contributed by atoms with Crippen molar-refractivity contribution < 1.29 is 9.84 Å². The van der Waals surface area contributed by atoms with E-state index in [1.807, 2.05) is 31.2 Å². The van der Waals surface area contributed by atoms with Crippen molar-refractivity contribution in [1.29, 1.82) is 0 Å². The number of aromatic nitrogens is 2. The van der Waals surface area contributed by atoms with Crippen LogP contribution in [0.4, 0.5) is 0 Å². The van der Waals surface area contributed by atoms with Crippen LogP contribution in [0.5, 0.6) is 5.75 Å². The fourth-order valence-corrected chi connectivity index (χ4v) is 2.16. The van der Waals surface area contributed by atoms with Crippen LogP contribution < -0.4 is 10.3 Å². The number of aliphatic hydroxyl groups is 1. The molecule has 1 aromatic carbocycles. The second kappa shape index (κ2) is 7.04. The van der Waals surface area contributed by atoms with E-state index in [-0.39, 0.29) is 12.2 Å². The summed E-state index contributed by atoms with van der Waals surface area (Å²) in [6.45, 7) is 4.19. The maximum atomic E-state index is 11.9. The molecule has 0 unspecified atom stereocenters. The predicted molar refractivity (Wildman–Crippen MR) is 80.8 cm³/mol. The van der Waals surface area contributed by atoms with E-state index < -0.39 is 0 Å². The van der Waals surface area contributed by atoms with Gasteiger partial charge in [-0.2, -0.15) is 0 Å². The molecule has 0 saturated carbocycles. The molecule has 112 valence electrons. The molecule has 0 atom stereocenters. The summed E-state index contributed by atoms with van der Waals surface area (Å²) >= 11 is 0. The van der Waals surface area contributed by atoms with Crippen molar-refractivity contribution in [3.8, 4) is 5.75 Å². The SMILES string of the molecule is Cc1cccc(OCCc2nc(C)c(CCO)c(=O)[nH]2)c1. The fourth-order valence-electron chi connectivity index (χ4n) is 2.16. The number of nitrogens with one attached hydrogen (secondary N) is 1. The highest BCUT2D eigenvalue weighted by atomic mass is 16.5. The third-order valence-electron chi connectivity index (χ3n) is 3.23. The maximum Gasteiger partial charge on any atom is 0.254 e. The first-order valence-electron chi connectivity index (χ1n) is 6.99. The average molecular weight is 288 g/mol. The topological polar surface area (TPSA) is 75.2 Å². The number of aromatic amines is 1. The second-order valence-electron chi connectivity index (χ2n) is 4.97. The minimum absolute atomic E-state index is 0.0542. The van der Waals surface area contributed by atoms with Gasteiger partial charge in [0, 0.05) is 30.7 Å². The van der Waals surface area contributed by atoms with Crippen molar-refractivity contribution in [2.24, 2.45) is 0 Å². The lowest BCUT2D eigenvalue weighted by atomic mass is 10.2. The van der Waals surface area contributed by atoms with Gasteiger partial charge in [0.15, 0.2) is 0 Å². The van der Waals surface area contributed by atoms with Crippen LogP contribution in [0.1, 0.15) is 22.6 Å².